The maximum absolute atomic E-state index is 11.6. The molecule has 2 aromatic rings. The number of carbonyl (C=O) groups is 1. The first kappa shape index (κ1) is 23.5. The van der Waals surface area contributed by atoms with Crippen LogP contribution in [0.15, 0.2) is 42.7 Å². The molecule has 2 bridgehead atoms. The second-order valence-electron chi connectivity index (χ2n) is 7.63. The molecule has 2 N–H and O–H groups in total. The van der Waals surface area contributed by atoms with Crippen LogP contribution in [0.3, 0.4) is 0 Å². The highest BCUT2D eigenvalue weighted by molar-refractivity contribution is 5.90. The normalized spacial score (nSPS) is 26.1. The molecule has 158 valence electrons. The van der Waals surface area contributed by atoms with Crippen molar-refractivity contribution in [2.45, 2.75) is 31.4 Å². The molecule has 1 amide bonds. The van der Waals surface area contributed by atoms with Crippen molar-refractivity contribution in [3.8, 4) is 0 Å². The Morgan fingerprint density at radius 1 is 1.17 bits per heavy atom. The zero-order valence-corrected chi connectivity index (χ0v) is 18.1. The fourth-order valence-corrected chi connectivity index (χ4v) is 5.11. The molecule has 3 atom stereocenters. The predicted molar refractivity (Wildman–Crippen MR) is 116 cm³/mol. The van der Waals surface area contributed by atoms with Crippen LogP contribution < -0.4 is 5.73 Å². The Bertz CT molecular complexity index is 807. The van der Waals surface area contributed by atoms with E-state index >= 15 is 0 Å². The molecule has 1 saturated heterocycles. The zero-order chi connectivity index (χ0) is 18.9. The molecular formula is C21H28Cl2N4O2. The van der Waals surface area contributed by atoms with E-state index in [1.54, 1.807) is 13.3 Å². The second kappa shape index (κ2) is 9.85. The van der Waals surface area contributed by atoms with Gasteiger partial charge in [-0.3, -0.25) is 19.7 Å². The molecule has 4 rings (SSSR count). The number of hydrogen-bond donors (Lipinski definition) is 1. The average molecular weight is 439 g/mol. The quantitative estimate of drug-likeness (QED) is 0.774. The highest BCUT2D eigenvalue weighted by atomic mass is 35.5. The largest absolute Gasteiger partial charge is 0.373 e. The van der Waals surface area contributed by atoms with Crippen molar-refractivity contribution in [1.82, 2.24) is 14.9 Å². The number of primary amides is 1. The third-order valence-electron chi connectivity index (χ3n) is 6.19. The van der Waals surface area contributed by atoms with Crippen LogP contribution in [0.5, 0.6) is 0 Å². The van der Waals surface area contributed by atoms with Crippen molar-refractivity contribution >= 4 is 30.7 Å². The summed E-state index contributed by atoms with van der Waals surface area (Å²) in [7, 11) is 1.80. The molecule has 8 heteroatoms. The van der Waals surface area contributed by atoms with Crippen LogP contribution in [0.25, 0.3) is 0 Å². The molecule has 1 aliphatic carbocycles. The molecule has 2 aromatic heterocycles. The van der Waals surface area contributed by atoms with Crippen LogP contribution in [-0.2, 0) is 16.9 Å². The Morgan fingerprint density at radius 3 is 2.48 bits per heavy atom. The van der Waals surface area contributed by atoms with Crippen LogP contribution in [0.2, 0.25) is 0 Å². The number of hydrogen-bond acceptors (Lipinski definition) is 5. The van der Waals surface area contributed by atoms with Gasteiger partial charge in [0.15, 0.2) is 0 Å². The summed E-state index contributed by atoms with van der Waals surface area (Å²) in [5, 5.41) is 0. The average Bonchev–Trinajstić information content (AvgIpc) is 2.68. The molecule has 1 unspecified atom stereocenters. The molecule has 0 radical (unpaired) electrons. The lowest BCUT2D eigenvalue weighted by Gasteiger charge is -2.55. The first-order chi connectivity index (χ1) is 13.1. The molecule has 1 aliphatic heterocycles. The van der Waals surface area contributed by atoms with Gasteiger partial charge >= 0.3 is 0 Å². The maximum atomic E-state index is 11.6. The summed E-state index contributed by atoms with van der Waals surface area (Å²) in [6.45, 7) is 2.76. The van der Waals surface area contributed by atoms with Gasteiger partial charge in [-0.1, -0.05) is 12.5 Å². The van der Waals surface area contributed by atoms with E-state index in [1.807, 2.05) is 30.5 Å². The van der Waals surface area contributed by atoms with Gasteiger partial charge in [0.05, 0.1) is 5.69 Å². The summed E-state index contributed by atoms with van der Waals surface area (Å²) in [6, 6.07) is 9.87. The van der Waals surface area contributed by atoms with Gasteiger partial charge in [0, 0.05) is 51.0 Å². The number of nitrogens with zero attached hydrogens (tertiary/aromatic N) is 3. The minimum Gasteiger partial charge on any atom is -0.373 e. The number of carbonyl (C=O) groups excluding carboxylic acids is 1. The number of rotatable bonds is 5. The molecular weight excluding hydrogens is 411 g/mol. The Balaban J connectivity index is 0.00000150. The number of piperidine rings is 1. The molecule has 1 saturated carbocycles. The lowest BCUT2D eigenvalue weighted by atomic mass is 9.62. The lowest BCUT2D eigenvalue weighted by Crippen LogP contribution is -2.58. The fourth-order valence-electron chi connectivity index (χ4n) is 5.11. The number of pyridine rings is 2. The lowest BCUT2D eigenvalue weighted by molar-refractivity contribution is -0.170. The minimum absolute atomic E-state index is 0. The summed E-state index contributed by atoms with van der Waals surface area (Å²) in [5.41, 5.74) is 7.51. The minimum atomic E-state index is -0.499. The van der Waals surface area contributed by atoms with Gasteiger partial charge in [-0.25, -0.2) is 0 Å². The van der Waals surface area contributed by atoms with Gasteiger partial charge in [-0.05, 0) is 42.7 Å². The SMILES string of the molecule is COC1(c2ccnc(C(N)=O)c2)[C@@H]2CCC[C@H]1CN(Cc1ccccn1)C2.Cl.Cl. The van der Waals surface area contributed by atoms with Crippen molar-refractivity contribution in [3.05, 3.63) is 59.7 Å². The van der Waals surface area contributed by atoms with Crippen molar-refractivity contribution in [3.63, 3.8) is 0 Å². The van der Waals surface area contributed by atoms with E-state index in [0.717, 1.165) is 43.7 Å². The van der Waals surface area contributed by atoms with E-state index in [9.17, 15) is 4.79 Å². The van der Waals surface area contributed by atoms with Crippen LogP contribution in [0, 0.1) is 11.8 Å². The van der Waals surface area contributed by atoms with Crippen molar-refractivity contribution in [2.75, 3.05) is 20.2 Å². The summed E-state index contributed by atoms with van der Waals surface area (Å²) in [6.07, 6.45) is 6.95. The smallest absolute Gasteiger partial charge is 0.267 e. The van der Waals surface area contributed by atoms with E-state index < -0.39 is 5.91 Å². The number of fused-ring (bicyclic) bond motifs is 2. The summed E-state index contributed by atoms with van der Waals surface area (Å²) < 4.78 is 6.24. The Labute approximate surface area is 184 Å². The third-order valence-corrected chi connectivity index (χ3v) is 6.19. The monoisotopic (exact) mass is 438 g/mol. The van der Waals surface area contributed by atoms with Gasteiger partial charge in [0.2, 0.25) is 0 Å². The number of nitrogens with two attached hydrogens (primary N) is 1. The molecule has 3 heterocycles. The summed E-state index contributed by atoms with van der Waals surface area (Å²) >= 11 is 0. The number of aromatic nitrogens is 2. The standard InChI is InChI=1S/C21H26N4O2.2ClH/c1-27-21(15-8-10-24-19(11-15)20(22)26)16-5-4-6-17(21)13-25(12-16)14-18-7-2-3-9-23-18;;/h2-3,7-11,16-17H,4-6,12-14H2,1H3,(H2,22,26);2*1H/t16-,17+,21?;;. The van der Waals surface area contributed by atoms with Crippen molar-refractivity contribution in [1.29, 1.82) is 0 Å². The van der Waals surface area contributed by atoms with Gasteiger partial charge in [0.25, 0.3) is 5.91 Å². The van der Waals surface area contributed by atoms with Crippen LogP contribution >= 0.6 is 24.8 Å². The Kier molecular flexibility index (Phi) is 8.00. The van der Waals surface area contributed by atoms with E-state index in [0.29, 0.717) is 17.5 Å². The van der Waals surface area contributed by atoms with E-state index in [-0.39, 0.29) is 30.4 Å². The molecule has 2 fully saturated rings. The van der Waals surface area contributed by atoms with Crippen molar-refractivity contribution in [2.24, 2.45) is 17.6 Å². The molecule has 29 heavy (non-hydrogen) atoms. The maximum Gasteiger partial charge on any atom is 0.267 e. The summed E-state index contributed by atoms with van der Waals surface area (Å²) in [5.74, 6) is 0.226. The number of ether oxygens (including phenoxy) is 1. The highest BCUT2D eigenvalue weighted by Crippen LogP contribution is 2.51. The predicted octanol–water partition coefficient (Wildman–Crippen LogP) is 3.19. The van der Waals surface area contributed by atoms with Crippen molar-refractivity contribution < 1.29 is 9.53 Å². The molecule has 0 spiro atoms. The number of amides is 1. The van der Waals surface area contributed by atoms with Gasteiger partial charge < -0.3 is 10.5 Å². The third kappa shape index (κ3) is 4.40. The molecule has 6 nitrogen and oxygen atoms in total. The van der Waals surface area contributed by atoms with Gasteiger partial charge in [0.1, 0.15) is 11.3 Å². The van der Waals surface area contributed by atoms with Crippen LogP contribution in [0.1, 0.15) is 41.0 Å². The Hall–Kier alpha value is -1.73. The zero-order valence-electron chi connectivity index (χ0n) is 16.5. The highest BCUT2D eigenvalue weighted by Gasteiger charge is 2.53. The topological polar surface area (TPSA) is 81.3 Å². The fraction of sp³-hybridized carbons (Fsp3) is 0.476. The Morgan fingerprint density at radius 2 is 1.90 bits per heavy atom. The van der Waals surface area contributed by atoms with Crippen LogP contribution in [0.4, 0.5) is 0 Å². The molecule has 2 aliphatic rings. The number of methoxy groups -OCH3 is 1. The van der Waals surface area contributed by atoms with Crippen LogP contribution in [-0.4, -0.2) is 41.0 Å². The first-order valence-electron chi connectivity index (χ1n) is 9.57. The van der Waals surface area contributed by atoms with Gasteiger partial charge in [-0.2, -0.15) is 0 Å². The van der Waals surface area contributed by atoms with E-state index in [4.69, 9.17) is 10.5 Å². The second-order valence-corrected chi connectivity index (χ2v) is 7.63. The number of halogens is 2. The van der Waals surface area contributed by atoms with Gasteiger partial charge in [-0.15, -0.1) is 24.8 Å². The van der Waals surface area contributed by atoms with E-state index in [2.05, 4.69) is 20.9 Å². The first-order valence-corrected chi connectivity index (χ1v) is 9.57. The van der Waals surface area contributed by atoms with E-state index in [1.165, 1.54) is 6.42 Å². The molecule has 0 aromatic carbocycles. The number of likely N-dealkylation sites (tertiary alicyclic amines) is 1. The summed E-state index contributed by atoms with van der Waals surface area (Å²) in [4.78, 5) is 22.7.